The van der Waals surface area contributed by atoms with E-state index in [1.165, 1.54) is 17.1 Å². The Balaban J connectivity index is 1.45. The van der Waals surface area contributed by atoms with Crippen LogP contribution >= 0.6 is 0 Å². The largest absolute Gasteiger partial charge is 0.356 e. The molecule has 7 heteroatoms. The van der Waals surface area contributed by atoms with Gasteiger partial charge in [-0.15, -0.1) is 0 Å². The highest BCUT2D eigenvalue weighted by Crippen LogP contribution is 2.24. The monoisotopic (exact) mass is 393 g/mol. The van der Waals surface area contributed by atoms with Gasteiger partial charge < -0.3 is 10.6 Å². The van der Waals surface area contributed by atoms with Gasteiger partial charge in [0.1, 0.15) is 0 Å². The molecule has 2 heterocycles. The quantitative estimate of drug-likeness (QED) is 0.774. The summed E-state index contributed by atoms with van der Waals surface area (Å²) in [4.78, 5) is 12.7. The molecular formula is C20H31N3O3S. The Morgan fingerprint density at radius 3 is 2.52 bits per heavy atom. The average molecular weight is 394 g/mol. The van der Waals surface area contributed by atoms with Gasteiger partial charge in [-0.05, 0) is 70.2 Å². The number of amides is 1. The van der Waals surface area contributed by atoms with Gasteiger partial charge in [0.05, 0.1) is 4.90 Å². The maximum Gasteiger partial charge on any atom is 0.243 e. The van der Waals surface area contributed by atoms with Gasteiger partial charge in [0.25, 0.3) is 0 Å². The summed E-state index contributed by atoms with van der Waals surface area (Å²) < 4.78 is 27.0. The van der Waals surface area contributed by atoms with E-state index < -0.39 is 10.0 Å². The van der Waals surface area contributed by atoms with Crippen molar-refractivity contribution in [2.24, 2.45) is 11.8 Å². The molecule has 1 unspecified atom stereocenters. The fourth-order valence-electron chi connectivity index (χ4n) is 3.93. The molecule has 1 aromatic carbocycles. The predicted octanol–water partition coefficient (Wildman–Crippen LogP) is 1.90. The zero-order valence-electron chi connectivity index (χ0n) is 16.1. The second-order valence-electron chi connectivity index (χ2n) is 7.78. The first kappa shape index (κ1) is 20.3. The van der Waals surface area contributed by atoms with Crippen molar-refractivity contribution in [3.8, 4) is 0 Å². The number of hydrogen-bond acceptors (Lipinski definition) is 4. The molecule has 0 saturated carbocycles. The van der Waals surface area contributed by atoms with Crippen molar-refractivity contribution in [1.82, 2.24) is 14.9 Å². The van der Waals surface area contributed by atoms with Gasteiger partial charge >= 0.3 is 0 Å². The van der Waals surface area contributed by atoms with Crippen molar-refractivity contribution < 1.29 is 13.2 Å². The minimum Gasteiger partial charge on any atom is -0.356 e. The van der Waals surface area contributed by atoms with E-state index in [4.69, 9.17) is 0 Å². The Hall–Kier alpha value is -1.44. The van der Waals surface area contributed by atoms with Crippen LogP contribution in [0.1, 0.15) is 37.7 Å². The first-order valence-electron chi connectivity index (χ1n) is 10.0. The van der Waals surface area contributed by atoms with E-state index in [1.54, 1.807) is 12.1 Å². The first-order chi connectivity index (χ1) is 13.0. The molecule has 2 saturated heterocycles. The summed E-state index contributed by atoms with van der Waals surface area (Å²) in [5.41, 5.74) is 1.04. The lowest BCUT2D eigenvalue weighted by Crippen LogP contribution is -2.43. The molecule has 1 atom stereocenters. The minimum atomic E-state index is -3.46. The summed E-state index contributed by atoms with van der Waals surface area (Å²) in [7, 11) is -3.46. The molecule has 2 aliphatic heterocycles. The van der Waals surface area contributed by atoms with Crippen LogP contribution in [0.25, 0.3) is 0 Å². The first-order valence-corrected chi connectivity index (χ1v) is 11.5. The number of nitrogens with one attached hydrogen (secondary N) is 2. The molecule has 0 bridgehead atoms. The Morgan fingerprint density at radius 2 is 1.89 bits per heavy atom. The normalized spacial score (nSPS) is 22.5. The molecule has 1 amide bonds. The number of nitrogens with zero attached hydrogens (tertiary/aromatic N) is 1. The van der Waals surface area contributed by atoms with Crippen molar-refractivity contribution in [3.05, 3.63) is 29.8 Å². The smallest absolute Gasteiger partial charge is 0.243 e. The summed E-state index contributed by atoms with van der Waals surface area (Å²) in [5, 5.41) is 6.45. The highest BCUT2D eigenvalue weighted by molar-refractivity contribution is 7.89. The maximum atomic E-state index is 12.7. The molecule has 0 aliphatic carbocycles. The van der Waals surface area contributed by atoms with E-state index >= 15 is 0 Å². The van der Waals surface area contributed by atoms with Crippen LogP contribution in [0, 0.1) is 18.8 Å². The van der Waals surface area contributed by atoms with E-state index in [-0.39, 0.29) is 11.8 Å². The number of rotatable bonds is 6. The third-order valence-corrected chi connectivity index (χ3v) is 7.65. The predicted molar refractivity (Wildman–Crippen MR) is 106 cm³/mol. The van der Waals surface area contributed by atoms with Crippen LogP contribution in [0.3, 0.4) is 0 Å². The second kappa shape index (κ2) is 9.17. The number of aryl methyl sites for hydroxylation is 1. The molecule has 3 rings (SSSR count). The zero-order valence-corrected chi connectivity index (χ0v) is 16.9. The molecule has 2 aliphatic rings. The van der Waals surface area contributed by atoms with Gasteiger partial charge in [-0.2, -0.15) is 4.31 Å². The third kappa shape index (κ3) is 5.30. The molecule has 2 fully saturated rings. The topological polar surface area (TPSA) is 78.5 Å². The van der Waals surface area contributed by atoms with Crippen molar-refractivity contribution in [2.45, 2.75) is 43.9 Å². The van der Waals surface area contributed by atoms with Crippen LogP contribution in [-0.2, 0) is 14.8 Å². The molecule has 0 radical (unpaired) electrons. The number of carbonyl (C=O) groups excluding carboxylic acids is 1. The molecule has 0 spiro atoms. The van der Waals surface area contributed by atoms with E-state index in [9.17, 15) is 13.2 Å². The minimum absolute atomic E-state index is 0.0751. The van der Waals surface area contributed by atoms with E-state index in [1.807, 2.05) is 19.1 Å². The van der Waals surface area contributed by atoms with Crippen LogP contribution in [0.4, 0.5) is 0 Å². The van der Waals surface area contributed by atoms with Gasteiger partial charge in [0.2, 0.25) is 15.9 Å². The molecular weight excluding hydrogens is 362 g/mol. The summed E-state index contributed by atoms with van der Waals surface area (Å²) >= 11 is 0. The van der Waals surface area contributed by atoms with Crippen LogP contribution in [0.2, 0.25) is 0 Å². The standard InChI is InChI=1S/C20H31N3O3S/c1-16-4-6-19(7-5-16)27(25,26)23-13-9-18(10-14-23)20(24)22-12-8-17-3-2-11-21-15-17/h4-7,17-18,21H,2-3,8-15H2,1H3,(H,22,24). The summed E-state index contributed by atoms with van der Waals surface area (Å²) in [6.07, 6.45) is 4.63. The van der Waals surface area contributed by atoms with Gasteiger partial charge in [-0.1, -0.05) is 17.7 Å². The highest BCUT2D eigenvalue weighted by Gasteiger charge is 2.32. The number of hydrogen-bond donors (Lipinski definition) is 2. The lowest BCUT2D eigenvalue weighted by Gasteiger charge is -2.30. The van der Waals surface area contributed by atoms with Gasteiger partial charge in [0.15, 0.2) is 0 Å². The van der Waals surface area contributed by atoms with Crippen LogP contribution in [0.15, 0.2) is 29.2 Å². The number of sulfonamides is 1. The summed E-state index contributed by atoms with van der Waals surface area (Å²) in [6, 6.07) is 6.94. The van der Waals surface area contributed by atoms with E-state index in [0.29, 0.717) is 43.3 Å². The van der Waals surface area contributed by atoms with Gasteiger partial charge in [0, 0.05) is 25.6 Å². The van der Waals surface area contributed by atoms with Crippen LogP contribution in [0.5, 0.6) is 0 Å². The van der Waals surface area contributed by atoms with Gasteiger partial charge in [-0.3, -0.25) is 4.79 Å². The Bertz CT molecular complexity index is 719. The molecule has 1 aromatic rings. The van der Waals surface area contributed by atoms with Crippen LogP contribution in [-0.4, -0.2) is 51.4 Å². The second-order valence-corrected chi connectivity index (χ2v) is 9.72. The number of carbonyl (C=O) groups is 1. The summed E-state index contributed by atoms with van der Waals surface area (Å²) in [6.45, 7) is 5.61. The van der Waals surface area contributed by atoms with Crippen LogP contribution < -0.4 is 10.6 Å². The van der Waals surface area contributed by atoms with E-state index in [2.05, 4.69) is 10.6 Å². The number of piperidine rings is 2. The molecule has 27 heavy (non-hydrogen) atoms. The molecule has 0 aromatic heterocycles. The summed E-state index contributed by atoms with van der Waals surface area (Å²) in [5.74, 6) is 0.644. The average Bonchev–Trinajstić information content (AvgIpc) is 2.69. The Labute approximate surface area is 162 Å². The van der Waals surface area contributed by atoms with E-state index in [0.717, 1.165) is 25.1 Å². The third-order valence-electron chi connectivity index (χ3n) is 5.73. The van der Waals surface area contributed by atoms with Crippen molar-refractivity contribution in [2.75, 3.05) is 32.7 Å². The van der Waals surface area contributed by atoms with Crippen molar-refractivity contribution >= 4 is 15.9 Å². The number of benzene rings is 1. The Kier molecular flexibility index (Phi) is 6.89. The lowest BCUT2D eigenvalue weighted by molar-refractivity contribution is -0.126. The van der Waals surface area contributed by atoms with Crippen molar-refractivity contribution in [1.29, 1.82) is 0 Å². The zero-order chi connectivity index (χ0) is 19.3. The highest BCUT2D eigenvalue weighted by atomic mass is 32.2. The fraction of sp³-hybridized carbons (Fsp3) is 0.650. The SMILES string of the molecule is Cc1ccc(S(=O)(=O)N2CCC(C(=O)NCCC3CCCNC3)CC2)cc1. The fourth-order valence-corrected chi connectivity index (χ4v) is 5.40. The van der Waals surface area contributed by atoms with Crippen molar-refractivity contribution in [3.63, 3.8) is 0 Å². The lowest BCUT2D eigenvalue weighted by atomic mass is 9.95. The molecule has 2 N–H and O–H groups in total. The van der Waals surface area contributed by atoms with Gasteiger partial charge in [-0.25, -0.2) is 8.42 Å². The molecule has 150 valence electrons. The maximum absolute atomic E-state index is 12.7. The Morgan fingerprint density at radius 1 is 1.19 bits per heavy atom. The molecule has 6 nitrogen and oxygen atoms in total.